The minimum Gasteiger partial charge on any atom is -0.388 e. The van der Waals surface area contributed by atoms with Crippen molar-refractivity contribution in [3.63, 3.8) is 0 Å². The van der Waals surface area contributed by atoms with E-state index in [2.05, 4.69) is 11.8 Å². The van der Waals surface area contributed by atoms with Gasteiger partial charge in [0.15, 0.2) is 0 Å². The van der Waals surface area contributed by atoms with Crippen LogP contribution in [0, 0.1) is 6.57 Å². The monoisotopic (exact) mass is 142 g/mol. The molecule has 0 spiro atoms. The molecule has 0 aliphatic rings. The lowest BCUT2D eigenvalue weighted by molar-refractivity contribution is 0.223. The first-order valence-electron chi connectivity index (χ1n) is 3.71. The maximum atomic E-state index is 8.84. The SMILES string of the molecule is C#[N+][C@@](C)(CO)CCCC. The van der Waals surface area contributed by atoms with Gasteiger partial charge in [-0.3, -0.25) is 0 Å². The highest BCUT2D eigenvalue weighted by molar-refractivity contribution is 4.95. The summed E-state index contributed by atoms with van der Waals surface area (Å²) in [5.41, 5.74) is -0.407. The molecule has 0 aromatic rings. The smallest absolute Gasteiger partial charge is 0.300 e. The lowest BCUT2D eigenvalue weighted by Gasteiger charge is -2.07. The van der Waals surface area contributed by atoms with Crippen molar-refractivity contribution < 1.29 is 5.11 Å². The zero-order valence-electron chi connectivity index (χ0n) is 6.80. The molecule has 2 heteroatoms. The molecule has 0 saturated heterocycles. The summed E-state index contributed by atoms with van der Waals surface area (Å²) >= 11 is 0. The van der Waals surface area contributed by atoms with Crippen molar-refractivity contribution in [1.82, 2.24) is 0 Å². The topological polar surface area (TPSA) is 24.6 Å². The molecule has 0 rings (SSSR count). The van der Waals surface area contributed by atoms with Crippen LogP contribution in [-0.2, 0) is 0 Å². The minimum absolute atomic E-state index is 0.0451. The fourth-order valence-electron chi connectivity index (χ4n) is 0.742. The quantitative estimate of drug-likeness (QED) is 0.637. The Morgan fingerprint density at radius 2 is 2.20 bits per heavy atom. The van der Waals surface area contributed by atoms with Crippen LogP contribution in [0.2, 0.25) is 0 Å². The van der Waals surface area contributed by atoms with Gasteiger partial charge >= 0.3 is 5.54 Å². The highest BCUT2D eigenvalue weighted by Crippen LogP contribution is 2.17. The average Bonchev–Trinajstić information content (AvgIpc) is 2.00. The molecule has 0 aromatic heterocycles. The number of nitrogens with zero attached hydrogens (tertiary/aromatic N) is 1. The number of aliphatic hydroxyl groups excluding tert-OH is 1. The predicted molar refractivity (Wildman–Crippen MR) is 43.3 cm³/mol. The summed E-state index contributed by atoms with van der Waals surface area (Å²) in [7, 11) is 0. The first-order chi connectivity index (χ1) is 4.68. The summed E-state index contributed by atoms with van der Waals surface area (Å²) in [6, 6.07) is 0. The molecule has 0 fully saturated rings. The number of hydrogen-bond donors (Lipinski definition) is 1. The normalized spacial score (nSPS) is 15.8. The second-order valence-electron chi connectivity index (χ2n) is 2.89. The fourth-order valence-corrected chi connectivity index (χ4v) is 0.742. The van der Waals surface area contributed by atoms with Crippen LogP contribution < -0.4 is 0 Å². The molecule has 0 heterocycles. The fraction of sp³-hybridized carbons (Fsp3) is 0.875. The lowest BCUT2D eigenvalue weighted by atomic mass is 9.97. The van der Waals surface area contributed by atoms with Crippen LogP contribution in [0.4, 0.5) is 0 Å². The molecular weight excluding hydrogens is 126 g/mol. The van der Waals surface area contributed by atoms with Crippen molar-refractivity contribution in [2.75, 3.05) is 6.61 Å². The van der Waals surface area contributed by atoms with Gasteiger partial charge in [0.1, 0.15) is 6.61 Å². The molecule has 0 aromatic carbocycles. The third kappa shape index (κ3) is 2.84. The van der Waals surface area contributed by atoms with E-state index in [1.54, 1.807) is 0 Å². The van der Waals surface area contributed by atoms with Crippen molar-refractivity contribution in [3.05, 3.63) is 4.85 Å². The third-order valence-electron chi connectivity index (χ3n) is 1.72. The van der Waals surface area contributed by atoms with Gasteiger partial charge in [0.25, 0.3) is 6.57 Å². The highest BCUT2D eigenvalue weighted by Gasteiger charge is 2.32. The molecule has 0 unspecified atom stereocenters. The van der Waals surface area contributed by atoms with Gasteiger partial charge in [-0.1, -0.05) is 18.2 Å². The van der Waals surface area contributed by atoms with Crippen molar-refractivity contribution in [3.8, 4) is 6.57 Å². The molecule has 0 aliphatic carbocycles. The first-order valence-corrected chi connectivity index (χ1v) is 3.71. The Bertz CT molecular complexity index is 128. The standard InChI is InChI=1S/C8H16NO/c1-4-5-6-8(2,7-10)9-3/h3,10H,4-7H2,1-2H3/q+1/t8-/m1/s1. The number of unbranched alkanes of at least 4 members (excludes halogenated alkanes) is 1. The molecule has 10 heavy (non-hydrogen) atoms. The summed E-state index contributed by atoms with van der Waals surface area (Å²) in [5.74, 6) is 0. The zero-order valence-corrected chi connectivity index (χ0v) is 6.80. The van der Waals surface area contributed by atoms with E-state index < -0.39 is 5.54 Å². The van der Waals surface area contributed by atoms with Crippen molar-refractivity contribution in [1.29, 1.82) is 0 Å². The summed E-state index contributed by atoms with van der Waals surface area (Å²) in [4.78, 5) is 3.63. The van der Waals surface area contributed by atoms with Crippen molar-refractivity contribution >= 4 is 0 Å². The van der Waals surface area contributed by atoms with Crippen LogP contribution in [0.3, 0.4) is 0 Å². The van der Waals surface area contributed by atoms with Crippen LogP contribution in [0.1, 0.15) is 33.1 Å². The van der Waals surface area contributed by atoms with E-state index in [0.29, 0.717) is 0 Å². The zero-order chi connectivity index (χ0) is 8.04. The predicted octanol–water partition coefficient (Wildman–Crippen LogP) is 1.89. The van der Waals surface area contributed by atoms with Gasteiger partial charge in [0.05, 0.1) is 0 Å². The molecule has 1 atom stereocenters. The molecule has 58 valence electrons. The maximum Gasteiger partial charge on any atom is 0.300 e. The molecular formula is C8H16NO+. The van der Waals surface area contributed by atoms with E-state index in [4.69, 9.17) is 11.7 Å². The van der Waals surface area contributed by atoms with Gasteiger partial charge in [-0.25, -0.2) is 0 Å². The van der Waals surface area contributed by atoms with E-state index in [-0.39, 0.29) is 6.61 Å². The van der Waals surface area contributed by atoms with Crippen molar-refractivity contribution in [2.24, 2.45) is 0 Å². The van der Waals surface area contributed by atoms with Gasteiger partial charge < -0.3 is 5.11 Å². The number of rotatable bonds is 4. The largest absolute Gasteiger partial charge is 0.388 e. The van der Waals surface area contributed by atoms with E-state index in [1.807, 2.05) is 6.92 Å². The van der Waals surface area contributed by atoms with Gasteiger partial charge in [0.2, 0.25) is 0 Å². The van der Waals surface area contributed by atoms with Crippen LogP contribution in [0.5, 0.6) is 0 Å². The van der Waals surface area contributed by atoms with Gasteiger partial charge in [0, 0.05) is 13.3 Å². The van der Waals surface area contributed by atoms with Crippen LogP contribution in [-0.4, -0.2) is 17.3 Å². The Morgan fingerprint density at radius 1 is 1.60 bits per heavy atom. The Balaban J connectivity index is 3.72. The van der Waals surface area contributed by atoms with Crippen LogP contribution in [0.25, 0.3) is 4.85 Å². The average molecular weight is 142 g/mol. The number of hydrogen-bond acceptors (Lipinski definition) is 1. The second kappa shape index (κ2) is 4.29. The van der Waals surface area contributed by atoms with Gasteiger partial charge in [-0.05, 0) is 6.42 Å². The molecule has 0 bridgehead atoms. The second-order valence-corrected chi connectivity index (χ2v) is 2.89. The minimum atomic E-state index is -0.407. The Morgan fingerprint density at radius 3 is 2.50 bits per heavy atom. The van der Waals surface area contributed by atoms with Crippen LogP contribution >= 0.6 is 0 Å². The molecule has 2 nitrogen and oxygen atoms in total. The first kappa shape index (κ1) is 9.45. The maximum absolute atomic E-state index is 8.84. The Hall–Kier alpha value is -0.550. The van der Waals surface area contributed by atoms with Gasteiger partial charge in [-0.15, -0.1) is 0 Å². The van der Waals surface area contributed by atoms with E-state index in [1.165, 1.54) is 0 Å². The Kier molecular flexibility index (Phi) is 4.06. The summed E-state index contributed by atoms with van der Waals surface area (Å²) in [5, 5.41) is 8.84. The molecule has 0 saturated carbocycles. The Labute approximate surface area is 62.7 Å². The summed E-state index contributed by atoms with van der Waals surface area (Å²) in [6.07, 6.45) is 3.05. The molecule has 0 amide bonds. The number of aliphatic hydroxyl groups is 1. The molecule has 1 N–H and O–H groups in total. The van der Waals surface area contributed by atoms with Gasteiger partial charge in [-0.2, -0.15) is 0 Å². The highest BCUT2D eigenvalue weighted by atomic mass is 16.3. The molecule has 0 aliphatic heterocycles. The van der Waals surface area contributed by atoms with E-state index in [9.17, 15) is 0 Å². The van der Waals surface area contributed by atoms with Crippen molar-refractivity contribution in [2.45, 2.75) is 38.6 Å². The van der Waals surface area contributed by atoms with Crippen LogP contribution in [0.15, 0.2) is 0 Å². The summed E-state index contributed by atoms with van der Waals surface area (Å²) < 4.78 is 0. The van der Waals surface area contributed by atoms with E-state index >= 15 is 0 Å². The lowest BCUT2D eigenvalue weighted by Crippen LogP contribution is -2.24. The molecule has 0 radical (unpaired) electrons. The summed E-state index contributed by atoms with van der Waals surface area (Å²) in [6.45, 7) is 9.14. The third-order valence-corrected chi connectivity index (χ3v) is 1.72. The van der Waals surface area contributed by atoms with E-state index in [0.717, 1.165) is 19.3 Å².